The zero-order valence-electron chi connectivity index (χ0n) is 11.8. The molecule has 0 bridgehead atoms. The number of rotatable bonds is 3. The van der Waals surface area contributed by atoms with E-state index < -0.39 is 0 Å². The van der Waals surface area contributed by atoms with Gasteiger partial charge in [-0.2, -0.15) is 0 Å². The number of nitrogens with zero attached hydrogens (tertiary/aromatic N) is 2. The van der Waals surface area contributed by atoms with E-state index in [0.717, 1.165) is 19.0 Å². The molecule has 1 heterocycles. The fourth-order valence-electron chi connectivity index (χ4n) is 2.02. The molecule has 0 saturated carbocycles. The molecule has 0 unspecified atom stereocenters. The van der Waals surface area contributed by atoms with Crippen LogP contribution in [-0.2, 0) is 0 Å². The van der Waals surface area contributed by atoms with Crippen LogP contribution in [0.15, 0.2) is 4.99 Å². The molecule has 0 aromatic carbocycles. The van der Waals surface area contributed by atoms with Gasteiger partial charge in [-0.25, -0.2) is 0 Å². The lowest BCUT2D eigenvalue weighted by molar-refractivity contribution is 0.197. The Labute approximate surface area is 106 Å². The minimum atomic E-state index is -0.00581. The number of hydrogen-bond donors (Lipinski definition) is 2. The second kappa shape index (κ2) is 6.24. The molecule has 0 spiro atoms. The number of likely N-dealkylation sites (tertiary alicyclic amines) is 1. The van der Waals surface area contributed by atoms with Gasteiger partial charge in [0.05, 0.1) is 6.54 Å². The third-order valence-corrected chi connectivity index (χ3v) is 3.08. The summed E-state index contributed by atoms with van der Waals surface area (Å²) >= 11 is 0. The summed E-state index contributed by atoms with van der Waals surface area (Å²) in [6.45, 7) is 12.8. The summed E-state index contributed by atoms with van der Waals surface area (Å²) in [5.41, 5.74) is 5.81. The van der Waals surface area contributed by atoms with E-state index >= 15 is 0 Å². The molecule has 1 rings (SSSR count). The Morgan fingerprint density at radius 3 is 2.47 bits per heavy atom. The van der Waals surface area contributed by atoms with Gasteiger partial charge >= 0.3 is 0 Å². The predicted octanol–water partition coefficient (Wildman–Crippen LogP) is 1.42. The van der Waals surface area contributed by atoms with Crippen molar-refractivity contribution < 1.29 is 0 Å². The number of nitrogens with one attached hydrogen (secondary N) is 1. The Kier molecular flexibility index (Phi) is 5.25. The predicted molar refractivity (Wildman–Crippen MR) is 74.2 cm³/mol. The van der Waals surface area contributed by atoms with E-state index in [1.807, 2.05) is 0 Å². The minimum Gasteiger partial charge on any atom is -0.370 e. The lowest BCUT2D eigenvalue weighted by Crippen LogP contribution is -2.45. The van der Waals surface area contributed by atoms with Crippen molar-refractivity contribution >= 4 is 5.96 Å². The molecule has 4 heteroatoms. The average molecular weight is 240 g/mol. The topological polar surface area (TPSA) is 53.6 Å². The highest BCUT2D eigenvalue weighted by atomic mass is 15.2. The molecule has 0 amide bonds. The van der Waals surface area contributed by atoms with Gasteiger partial charge in [-0.1, -0.05) is 6.92 Å². The first-order chi connectivity index (χ1) is 7.87. The molecule has 100 valence electrons. The van der Waals surface area contributed by atoms with Gasteiger partial charge in [0.1, 0.15) is 0 Å². The second-order valence-electron chi connectivity index (χ2n) is 6.17. The molecule has 0 atom stereocenters. The van der Waals surface area contributed by atoms with Crippen LogP contribution in [0.2, 0.25) is 0 Å². The second-order valence-corrected chi connectivity index (χ2v) is 6.17. The first-order valence-corrected chi connectivity index (χ1v) is 6.67. The summed E-state index contributed by atoms with van der Waals surface area (Å²) in [5, 5.41) is 3.17. The van der Waals surface area contributed by atoms with Crippen molar-refractivity contribution in [3.63, 3.8) is 0 Å². The van der Waals surface area contributed by atoms with Gasteiger partial charge < -0.3 is 16.0 Å². The van der Waals surface area contributed by atoms with Gasteiger partial charge in [-0.15, -0.1) is 0 Å². The van der Waals surface area contributed by atoms with Crippen molar-refractivity contribution in [3.05, 3.63) is 0 Å². The van der Waals surface area contributed by atoms with Gasteiger partial charge in [-0.05, 0) is 52.6 Å². The molecular formula is C13H28N4. The maximum Gasteiger partial charge on any atom is 0.189 e. The van der Waals surface area contributed by atoms with Crippen LogP contribution in [0.1, 0.15) is 40.5 Å². The lowest BCUT2D eigenvalue weighted by atomic mass is 9.99. The summed E-state index contributed by atoms with van der Waals surface area (Å²) in [7, 11) is 0. The van der Waals surface area contributed by atoms with E-state index in [1.165, 1.54) is 25.9 Å². The van der Waals surface area contributed by atoms with Gasteiger partial charge in [-0.3, -0.25) is 4.99 Å². The number of guanidine groups is 1. The van der Waals surface area contributed by atoms with E-state index in [1.54, 1.807) is 0 Å². The number of nitrogens with two attached hydrogens (primary N) is 1. The van der Waals surface area contributed by atoms with E-state index in [2.05, 4.69) is 42.9 Å². The number of aliphatic imine (C=N–C) groups is 1. The van der Waals surface area contributed by atoms with Gasteiger partial charge in [0.2, 0.25) is 0 Å². The Hall–Kier alpha value is -0.770. The molecule has 0 aliphatic carbocycles. The van der Waals surface area contributed by atoms with E-state index in [9.17, 15) is 0 Å². The smallest absolute Gasteiger partial charge is 0.189 e. The standard InChI is InChI=1S/C13H28N4/c1-11-5-8-17(9-6-11)10-7-15-12(14)16-13(2,3)4/h11H,5-10H2,1-4H3,(H3,14,15,16). The molecule has 0 aromatic heterocycles. The first-order valence-electron chi connectivity index (χ1n) is 6.67. The zero-order chi connectivity index (χ0) is 12.9. The van der Waals surface area contributed by atoms with Gasteiger partial charge in [0.15, 0.2) is 5.96 Å². The highest BCUT2D eigenvalue weighted by Gasteiger charge is 2.15. The van der Waals surface area contributed by atoms with Crippen molar-refractivity contribution in [1.82, 2.24) is 10.2 Å². The van der Waals surface area contributed by atoms with Crippen LogP contribution < -0.4 is 11.1 Å². The molecule has 1 aliphatic heterocycles. The van der Waals surface area contributed by atoms with Crippen molar-refractivity contribution in [2.24, 2.45) is 16.6 Å². The quantitative estimate of drug-likeness (QED) is 0.579. The van der Waals surface area contributed by atoms with Crippen molar-refractivity contribution in [1.29, 1.82) is 0 Å². The van der Waals surface area contributed by atoms with Crippen LogP contribution >= 0.6 is 0 Å². The van der Waals surface area contributed by atoms with Crippen molar-refractivity contribution in [2.45, 2.75) is 46.1 Å². The third-order valence-electron chi connectivity index (χ3n) is 3.08. The van der Waals surface area contributed by atoms with E-state index in [-0.39, 0.29) is 5.54 Å². The lowest BCUT2D eigenvalue weighted by Gasteiger charge is -2.29. The van der Waals surface area contributed by atoms with Crippen LogP contribution in [0.25, 0.3) is 0 Å². The molecule has 0 aromatic rings. The van der Waals surface area contributed by atoms with E-state index in [0.29, 0.717) is 5.96 Å². The molecule has 1 aliphatic rings. The normalized spacial score (nSPS) is 20.6. The summed E-state index contributed by atoms with van der Waals surface area (Å²) in [6.07, 6.45) is 2.64. The van der Waals surface area contributed by atoms with Crippen LogP contribution in [0.5, 0.6) is 0 Å². The van der Waals surface area contributed by atoms with Crippen LogP contribution in [0.4, 0.5) is 0 Å². The Balaban J connectivity index is 2.20. The van der Waals surface area contributed by atoms with Crippen molar-refractivity contribution in [3.8, 4) is 0 Å². The SMILES string of the molecule is CC1CCN(CCN=C(N)NC(C)(C)C)CC1. The van der Waals surface area contributed by atoms with E-state index in [4.69, 9.17) is 5.73 Å². The van der Waals surface area contributed by atoms with Gasteiger partial charge in [0, 0.05) is 12.1 Å². The third kappa shape index (κ3) is 6.51. The Bertz CT molecular complexity index is 247. The molecule has 0 radical (unpaired) electrons. The summed E-state index contributed by atoms with van der Waals surface area (Å²) in [4.78, 5) is 6.84. The minimum absolute atomic E-state index is 0.00581. The summed E-state index contributed by atoms with van der Waals surface area (Å²) < 4.78 is 0. The summed E-state index contributed by atoms with van der Waals surface area (Å²) in [6, 6.07) is 0. The fourth-order valence-corrected chi connectivity index (χ4v) is 2.02. The zero-order valence-corrected chi connectivity index (χ0v) is 11.8. The van der Waals surface area contributed by atoms with Crippen LogP contribution in [0, 0.1) is 5.92 Å². The molecule has 1 fully saturated rings. The fraction of sp³-hybridized carbons (Fsp3) is 0.923. The van der Waals surface area contributed by atoms with Crippen LogP contribution in [0.3, 0.4) is 0 Å². The Morgan fingerprint density at radius 1 is 1.35 bits per heavy atom. The van der Waals surface area contributed by atoms with Gasteiger partial charge in [0.25, 0.3) is 0 Å². The molecule has 4 nitrogen and oxygen atoms in total. The maximum absolute atomic E-state index is 5.82. The number of piperidine rings is 1. The average Bonchev–Trinajstić information content (AvgIpc) is 2.18. The monoisotopic (exact) mass is 240 g/mol. The highest BCUT2D eigenvalue weighted by Crippen LogP contribution is 2.15. The first kappa shape index (κ1) is 14.3. The summed E-state index contributed by atoms with van der Waals surface area (Å²) in [5.74, 6) is 1.45. The van der Waals surface area contributed by atoms with Crippen LogP contribution in [-0.4, -0.2) is 42.6 Å². The number of hydrogen-bond acceptors (Lipinski definition) is 2. The molecular weight excluding hydrogens is 212 g/mol. The largest absolute Gasteiger partial charge is 0.370 e. The highest BCUT2D eigenvalue weighted by molar-refractivity contribution is 5.78. The maximum atomic E-state index is 5.82. The molecule has 1 saturated heterocycles. The molecule has 3 N–H and O–H groups in total. The Morgan fingerprint density at radius 2 is 1.94 bits per heavy atom. The van der Waals surface area contributed by atoms with Crippen molar-refractivity contribution in [2.75, 3.05) is 26.2 Å². The molecule has 17 heavy (non-hydrogen) atoms.